The van der Waals surface area contributed by atoms with Gasteiger partial charge in [-0.25, -0.2) is 9.32 Å². The minimum atomic E-state index is -4.08. The lowest BCUT2D eigenvalue weighted by Gasteiger charge is -2.07. The first kappa shape index (κ1) is 15.4. The molecule has 20 heavy (non-hydrogen) atoms. The first-order valence-corrected chi connectivity index (χ1v) is 7.68. The minimum Gasteiger partial charge on any atom is -0.453 e. The molecular formula is C11H11Cl2NO5S. The highest BCUT2D eigenvalue weighted by Crippen LogP contribution is 2.35. The van der Waals surface area contributed by atoms with Crippen LogP contribution in [0.4, 0.5) is 0 Å². The summed E-state index contributed by atoms with van der Waals surface area (Å²) in [5, 5.41) is 5.58. The van der Waals surface area contributed by atoms with Crippen LogP contribution < -0.4 is 5.14 Å². The van der Waals surface area contributed by atoms with E-state index in [-0.39, 0.29) is 12.4 Å². The maximum atomic E-state index is 10.8. The molecule has 1 aliphatic heterocycles. The van der Waals surface area contributed by atoms with Crippen LogP contribution in [0.5, 0.6) is 0 Å². The van der Waals surface area contributed by atoms with Gasteiger partial charge in [0, 0.05) is 17.5 Å². The van der Waals surface area contributed by atoms with Crippen LogP contribution >= 0.6 is 23.2 Å². The monoisotopic (exact) mass is 339 g/mol. The summed E-state index contributed by atoms with van der Waals surface area (Å²) in [6.45, 7) is 1.27. The third kappa shape index (κ3) is 3.77. The summed E-state index contributed by atoms with van der Waals surface area (Å²) < 4.78 is 36.9. The van der Waals surface area contributed by atoms with Gasteiger partial charge in [0.1, 0.15) is 6.61 Å². The molecule has 1 unspecified atom stereocenters. The van der Waals surface area contributed by atoms with Crippen LogP contribution in [0.1, 0.15) is 12.5 Å². The first-order chi connectivity index (χ1) is 9.26. The fourth-order valence-corrected chi connectivity index (χ4v) is 2.40. The van der Waals surface area contributed by atoms with Crippen molar-refractivity contribution in [2.75, 3.05) is 6.61 Å². The Morgan fingerprint density at radius 2 is 2.05 bits per heavy atom. The first-order valence-electron chi connectivity index (χ1n) is 5.45. The van der Waals surface area contributed by atoms with Gasteiger partial charge >= 0.3 is 10.3 Å². The molecule has 0 amide bonds. The fourth-order valence-electron chi connectivity index (χ4n) is 1.63. The number of hydrogen-bond acceptors (Lipinski definition) is 5. The molecule has 0 aromatic heterocycles. The molecule has 0 spiro atoms. The normalized spacial score (nSPS) is 18.9. The van der Waals surface area contributed by atoms with Gasteiger partial charge in [-0.15, -0.1) is 0 Å². The van der Waals surface area contributed by atoms with Crippen LogP contribution in [0.15, 0.2) is 24.0 Å². The molecule has 0 aliphatic carbocycles. The van der Waals surface area contributed by atoms with Gasteiger partial charge in [-0.05, 0) is 18.2 Å². The zero-order valence-corrected chi connectivity index (χ0v) is 12.6. The summed E-state index contributed by atoms with van der Waals surface area (Å²) in [4.78, 5) is 0. The van der Waals surface area contributed by atoms with Crippen LogP contribution in [0, 0.1) is 0 Å². The summed E-state index contributed by atoms with van der Waals surface area (Å²) in [5.41, 5.74) is 0.522. The van der Waals surface area contributed by atoms with Crippen LogP contribution in [0.3, 0.4) is 0 Å². The van der Waals surface area contributed by atoms with E-state index in [9.17, 15) is 8.42 Å². The Kier molecular flexibility index (Phi) is 4.46. The van der Waals surface area contributed by atoms with Crippen LogP contribution in [0.25, 0.3) is 5.76 Å². The van der Waals surface area contributed by atoms with E-state index < -0.39 is 16.6 Å². The number of rotatable bonds is 4. The van der Waals surface area contributed by atoms with Crippen molar-refractivity contribution in [2.45, 2.75) is 13.2 Å². The Morgan fingerprint density at radius 1 is 1.35 bits per heavy atom. The Bertz CT molecular complexity index is 659. The molecule has 0 saturated heterocycles. The lowest BCUT2D eigenvalue weighted by atomic mass is 10.1. The second-order valence-electron chi connectivity index (χ2n) is 3.93. The predicted octanol–water partition coefficient (Wildman–Crippen LogP) is 2.27. The summed E-state index contributed by atoms with van der Waals surface area (Å²) in [6.07, 6.45) is -0.587. The number of nitrogens with two attached hydrogens (primary N) is 1. The Hall–Kier alpha value is -0.990. The summed E-state index contributed by atoms with van der Waals surface area (Å²) >= 11 is 11.9. The maximum absolute atomic E-state index is 10.8. The van der Waals surface area contributed by atoms with Gasteiger partial charge < -0.3 is 9.47 Å². The van der Waals surface area contributed by atoms with Crippen molar-refractivity contribution >= 4 is 39.3 Å². The van der Waals surface area contributed by atoms with Gasteiger partial charge in [-0.1, -0.05) is 23.2 Å². The molecular weight excluding hydrogens is 329 g/mol. The van der Waals surface area contributed by atoms with Gasteiger partial charge in [0.2, 0.25) is 6.29 Å². The molecule has 1 aromatic carbocycles. The Labute approximate surface area is 126 Å². The van der Waals surface area contributed by atoms with Gasteiger partial charge in [0.05, 0.1) is 5.02 Å². The molecule has 110 valence electrons. The molecule has 9 heteroatoms. The van der Waals surface area contributed by atoms with E-state index in [4.69, 9.17) is 37.8 Å². The van der Waals surface area contributed by atoms with Crippen molar-refractivity contribution < 1.29 is 22.1 Å². The van der Waals surface area contributed by atoms with E-state index in [1.807, 2.05) is 0 Å². The molecule has 0 saturated carbocycles. The average Bonchev–Trinajstić information content (AvgIpc) is 2.67. The zero-order valence-electron chi connectivity index (χ0n) is 10.3. The van der Waals surface area contributed by atoms with Crippen LogP contribution in [-0.4, -0.2) is 21.3 Å². The van der Waals surface area contributed by atoms with E-state index in [1.165, 1.54) is 6.07 Å². The van der Waals surface area contributed by atoms with Crippen molar-refractivity contribution in [3.63, 3.8) is 0 Å². The highest BCUT2D eigenvalue weighted by atomic mass is 35.5. The number of hydrogen-bond donors (Lipinski definition) is 1. The molecule has 2 N–H and O–H groups in total. The molecule has 1 heterocycles. The van der Waals surface area contributed by atoms with Gasteiger partial charge in [-0.3, -0.25) is 0 Å². The van der Waals surface area contributed by atoms with Crippen molar-refractivity contribution in [3.05, 3.63) is 39.6 Å². The second-order valence-corrected chi connectivity index (χ2v) is 6.00. The fraction of sp³-hybridized carbons (Fsp3) is 0.273. The molecule has 1 aromatic rings. The molecule has 0 radical (unpaired) electrons. The van der Waals surface area contributed by atoms with E-state index >= 15 is 0 Å². The molecule has 2 rings (SSSR count). The van der Waals surface area contributed by atoms with Gasteiger partial charge in [0.25, 0.3) is 0 Å². The van der Waals surface area contributed by atoms with Crippen molar-refractivity contribution in [3.8, 4) is 0 Å². The van der Waals surface area contributed by atoms with Crippen molar-refractivity contribution in [1.82, 2.24) is 0 Å². The average molecular weight is 340 g/mol. The number of benzene rings is 1. The van der Waals surface area contributed by atoms with E-state index in [0.29, 0.717) is 21.4 Å². The zero-order chi connectivity index (χ0) is 14.9. The number of halogens is 2. The highest BCUT2D eigenvalue weighted by Gasteiger charge is 2.27. The van der Waals surface area contributed by atoms with E-state index in [0.717, 1.165) is 0 Å². The lowest BCUT2D eigenvalue weighted by Crippen LogP contribution is -2.18. The van der Waals surface area contributed by atoms with Crippen molar-refractivity contribution in [2.24, 2.45) is 5.14 Å². The van der Waals surface area contributed by atoms with Crippen LogP contribution in [0.2, 0.25) is 10.0 Å². The smallest absolute Gasteiger partial charge is 0.333 e. The van der Waals surface area contributed by atoms with E-state index in [2.05, 4.69) is 4.18 Å². The minimum absolute atomic E-state index is 0.191. The third-order valence-corrected chi connectivity index (χ3v) is 3.37. The third-order valence-electron chi connectivity index (χ3n) is 2.38. The largest absolute Gasteiger partial charge is 0.453 e. The van der Waals surface area contributed by atoms with Gasteiger partial charge in [-0.2, -0.15) is 8.42 Å². The SMILES string of the molecule is CC1OC(COS(N)(=O)=O)=C(c2ccc(Cl)cc2Cl)O1. The highest BCUT2D eigenvalue weighted by molar-refractivity contribution is 7.84. The van der Waals surface area contributed by atoms with Crippen LogP contribution in [-0.2, 0) is 24.0 Å². The summed E-state index contributed by atoms with van der Waals surface area (Å²) in [7, 11) is -4.08. The quantitative estimate of drug-likeness (QED) is 0.908. The van der Waals surface area contributed by atoms with Gasteiger partial charge in [0.15, 0.2) is 11.5 Å². The molecule has 1 atom stereocenters. The molecule has 0 bridgehead atoms. The standard InChI is InChI=1S/C11H11Cl2NO5S/c1-6-18-10(5-17-20(14,15)16)11(19-6)8-3-2-7(12)4-9(8)13/h2-4,6H,5H2,1H3,(H2,14,15,16). The predicted molar refractivity (Wildman–Crippen MR) is 74.1 cm³/mol. The van der Waals surface area contributed by atoms with Crippen molar-refractivity contribution in [1.29, 1.82) is 0 Å². The molecule has 6 nitrogen and oxygen atoms in total. The second kappa shape index (κ2) is 5.79. The maximum Gasteiger partial charge on any atom is 0.333 e. The number of ether oxygens (including phenoxy) is 2. The molecule has 0 fully saturated rings. The molecule has 1 aliphatic rings. The van der Waals surface area contributed by atoms with E-state index in [1.54, 1.807) is 19.1 Å². The summed E-state index contributed by atoms with van der Waals surface area (Å²) in [5.74, 6) is 0.485. The topological polar surface area (TPSA) is 87.9 Å². The lowest BCUT2D eigenvalue weighted by molar-refractivity contribution is -0.0142. The summed E-state index contributed by atoms with van der Waals surface area (Å²) in [6, 6.07) is 4.80. The Morgan fingerprint density at radius 3 is 2.65 bits per heavy atom. The Balaban J connectivity index is 2.34.